The monoisotopic (exact) mass is 319 g/mol. The Labute approximate surface area is 134 Å². The van der Waals surface area contributed by atoms with Gasteiger partial charge in [0, 0.05) is 25.5 Å². The summed E-state index contributed by atoms with van der Waals surface area (Å²) in [4.78, 5) is 19.7. The van der Waals surface area contributed by atoms with E-state index in [4.69, 9.17) is 4.74 Å². The van der Waals surface area contributed by atoms with Crippen molar-refractivity contribution in [2.24, 2.45) is 5.92 Å². The number of ether oxygens (including phenoxy) is 1. The Bertz CT molecular complexity index is 711. The Hall–Kier alpha value is -1.95. The highest BCUT2D eigenvalue weighted by atomic mass is 19.1. The maximum atomic E-state index is 13.2. The molecule has 0 aliphatic carbocycles. The number of amides is 1. The van der Waals surface area contributed by atoms with Crippen molar-refractivity contribution in [2.75, 3.05) is 13.2 Å². The molecule has 2 heterocycles. The summed E-state index contributed by atoms with van der Waals surface area (Å²) >= 11 is 0. The number of halogens is 1. The Morgan fingerprint density at radius 3 is 3.13 bits per heavy atom. The van der Waals surface area contributed by atoms with Crippen LogP contribution in [0.15, 0.2) is 18.2 Å². The van der Waals surface area contributed by atoms with Gasteiger partial charge in [-0.3, -0.25) is 4.79 Å². The lowest BCUT2D eigenvalue weighted by Gasteiger charge is -2.34. The SMILES string of the molecule is CC1(C)C[C@@H](C(=O)NCCc2nc3ccc(F)cc3[nH]2)CCO1. The smallest absolute Gasteiger partial charge is 0.223 e. The number of carbonyl (C=O) groups excluding carboxylic acids is 1. The van der Waals surface area contributed by atoms with Crippen LogP contribution >= 0.6 is 0 Å². The largest absolute Gasteiger partial charge is 0.376 e. The molecule has 6 heteroatoms. The summed E-state index contributed by atoms with van der Waals surface area (Å²) in [5.41, 5.74) is 1.18. The van der Waals surface area contributed by atoms with Crippen molar-refractivity contribution in [3.05, 3.63) is 29.8 Å². The third-order valence-electron chi connectivity index (χ3n) is 4.22. The topological polar surface area (TPSA) is 67.0 Å². The van der Waals surface area contributed by atoms with Gasteiger partial charge in [0.15, 0.2) is 0 Å². The summed E-state index contributed by atoms with van der Waals surface area (Å²) in [6, 6.07) is 4.46. The van der Waals surface area contributed by atoms with Crippen molar-refractivity contribution in [1.29, 1.82) is 0 Å². The van der Waals surface area contributed by atoms with Gasteiger partial charge in [-0.2, -0.15) is 0 Å². The third kappa shape index (κ3) is 3.88. The van der Waals surface area contributed by atoms with Crippen molar-refractivity contribution in [2.45, 2.75) is 38.7 Å². The van der Waals surface area contributed by atoms with E-state index in [1.807, 2.05) is 13.8 Å². The fourth-order valence-electron chi connectivity index (χ4n) is 3.06. The summed E-state index contributed by atoms with van der Waals surface area (Å²) in [6.45, 7) is 5.17. The number of fused-ring (bicyclic) bond motifs is 1. The molecule has 1 aliphatic heterocycles. The minimum Gasteiger partial charge on any atom is -0.376 e. The first-order chi connectivity index (χ1) is 10.9. The molecule has 1 amide bonds. The number of H-pyrrole nitrogens is 1. The van der Waals surface area contributed by atoms with Crippen molar-refractivity contribution in [1.82, 2.24) is 15.3 Å². The van der Waals surface area contributed by atoms with E-state index in [2.05, 4.69) is 15.3 Å². The highest BCUT2D eigenvalue weighted by molar-refractivity contribution is 5.79. The number of aromatic amines is 1. The molecule has 1 aliphatic rings. The summed E-state index contributed by atoms with van der Waals surface area (Å²) in [5.74, 6) is 0.536. The van der Waals surface area contributed by atoms with Crippen LogP contribution in [0.2, 0.25) is 0 Å². The second-order valence-corrected chi connectivity index (χ2v) is 6.68. The molecule has 1 atom stereocenters. The van der Waals surface area contributed by atoms with Gasteiger partial charge in [0.25, 0.3) is 0 Å². The predicted molar refractivity (Wildman–Crippen MR) is 85.5 cm³/mol. The van der Waals surface area contributed by atoms with Crippen LogP contribution in [-0.4, -0.2) is 34.6 Å². The normalized spacial score (nSPS) is 20.6. The number of imidazole rings is 1. The van der Waals surface area contributed by atoms with Crippen LogP contribution in [0.5, 0.6) is 0 Å². The van der Waals surface area contributed by atoms with Crippen molar-refractivity contribution < 1.29 is 13.9 Å². The number of nitrogens with zero attached hydrogens (tertiary/aromatic N) is 1. The summed E-state index contributed by atoms with van der Waals surface area (Å²) in [7, 11) is 0. The molecule has 1 aromatic heterocycles. The van der Waals surface area contributed by atoms with Crippen LogP contribution in [0.4, 0.5) is 4.39 Å². The fraction of sp³-hybridized carbons (Fsp3) is 0.529. The minimum absolute atomic E-state index is 0.00326. The van der Waals surface area contributed by atoms with Gasteiger partial charge in [-0.25, -0.2) is 9.37 Å². The number of carbonyl (C=O) groups is 1. The molecule has 0 spiro atoms. The Kier molecular flexibility index (Phi) is 4.35. The predicted octanol–water partition coefficient (Wildman–Crippen LogP) is 2.57. The van der Waals surface area contributed by atoms with Crippen LogP contribution in [0.25, 0.3) is 11.0 Å². The van der Waals surface area contributed by atoms with Crippen LogP contribution in [0, 0.1) is 11.7 Å². The lowest BCUT2D eigenvalue weighted by molar-refractivity contribution is -0.135. The van der Waals surface area contributed by atoms with Crippen LogP contribution in [0.1, 0.15) is 32.5 Å². The van der Waals surface area contributed by atoms with E-state index in [1.165, 1.54) is 12.1 Å². The molecule has 23 heavy (non-hydrogen) atoms. The maximum Gasteiger partial charge on any atom is 0.223 e. The van der Waals surface area contributed by atoms with Crippen LogP contribution in [-0.2, 0) is 16.0 Å². The highest BCUT2D eigenvalue weighted by Gasteiger charge is 2.32. The number of hydrogen-bond acceptors (Lipinski definition) is 3. The molecule has 1 saturated heterocycles. The van der Waals surface area contributed by atoms with Gasteiger partial charge in [0.05, 0.1) is 16.6 Å². The molecule has 0 unspecified atom stereocenters. The Balaban J connectivity index is 1.53. The zero-order chi connectivity index (χ0) is 16.4. The van der Waals surface area contributed by atoms with Crippen LogP contribution < -0.4 is 5.32 Å². The van der Waals surface area contributed by atoms with E-state index in [1.54, 1.807) is 6.07 Å². The number of hydrogen-bond donors (Lipinski definition) is 2. The molecular formula is C17H22FN3O2. The number of rotatable bonds is 4. The number of aromatic nitrogens is 2. The van der Waals surface area contributed by atoms with E-state index in [9.17, 15) is 9.18 Å². The highest BCUT2D eigenvalue weighted by Crippen LogP contribution is 2.28. The molecule has 1 fully saturated rings. The quantitative estimate of drug-likeness (QED) is 0.910. The van der Waals surface area contributed by atoms with Gasteiger partial charge in [0.1, 0.15) is 11.6 Å². The van der Waals surface area contributed by atoms with Crippen molar-refractivity contribution in [3.63, 3.8) is 0 Å². The lowest BCUT2D eigenvalue weighted by Crippen LogP contribution is -2.41. The molecule has 1 aromatic carbocycles. The van der Waals surface area contributed by atoms with Crippen LogP contribution in [0.3, 0.4) is 0 Å². The van der Waals surface area contributed by atoms with E-state index >= 15 is 0 Å². The van der Waals surface area contributed by atoms with E-state index in [0.717, 1.165) is 24.2 Å². The van der Waals surface area contributed by atoms with Gasteiger partial charge < -0.3 is 15.0 Å². The molecule has 0 radical (unpaired) electrons. The molecule has 2 N–H and O–H groups in total. The maximum absolute atomic E-state index is 13.2. The van der Waals surface area contributed by atoms with Crippen molar-refractivity contribution >= 4 is 16.9 Å². The van der Waals surface area contributed by atoms with E-state index in [-0.39, 0.29) is 23.2 Å². The van der Waals surface area contributed by atoms with Gasteiger partial charge >= 0.3 is 0 Å². The van der Waals surface area contributed by atoms with E-state index in [0.29, 0.717) is 25.1 Å². The summed E-state index contributed by atoms with van der Waals surface area (Å²) < 4.78 is 18.8. The third-order valence-corrected chi connectivity index (χ3v) is 4.22. The number of benzene rings is 1. The zero-order valence-electron chi connectivity index (χ0n) is 13.5. The first-order valence-electron chi connectivity index (χ1n) is 7.99. The Morgan fingerprint density at radius 2 is 2.35 bits per heavy atom. The molecule has 0 bridgehead atoms. The van der Waals surface area contributed by atoms with Gasteiger partial charge in [0.2, 0.25) is 5.91 Å². The summed E-state index contributed by atoms with van der Waals surface area (Å²) in [5, 5.41) is 2.97. The average molecular weight is 319 g/mol. The zero-order valence-corrected chi connectivity index (χ0v) is 13.5. The van der Waals surface area contributed by atoms with Gasteiger partial charge in [-0.05, 0) is 44.9 Å². The first kappa shape index (κ1) is 15.9. The second kappa shape index (κ2) is 6.28. The molecule has 124 valence electrons. The second-order valence-electron chi connectivity index (χ2n) is 6.68. The molecular weight excluding hydrogens is 297 g/mol. The van der Waals surface area contributed by atoms with Gasteiger partial charge in [-0.15, -0.1) is 0 Å². The summed E-state index contributed by atoms with van der Waals surface area (Å²) in [6.07, 6.45) is 2.09. The standard InChI is InChI=1S/C17H22FN3O2/c1-17(2)10-11(6-8-23-17)16(22)19-7-5-15-20-13-4-3-12(18)9-14(13)21-15/h3-4,9,11H,5-8,10H2,1-2H3,(H,19,22)(H,20,21)/t11-/m0/s1. The van der Waals surface area contributed by atoms with E-state index < -0.39 is 0 Å². The van der Waals surface area contributed by atoms with Crippen molar-refractivity contribution in [3.8, 4) is 0 Å². The molecule has 2 aromatic rings. The van der Waals surface area contributed by atoms with Gasteiger partial charge in [-0.1, -0.05) is 0 Å². The fourth-order valence-corrected chi connectivity index (χ4v) is 3.06. The Morgan fingerprint density at radius 1 is 1.52 bits per heavy atom. The minimum atomic E-state index is -0.289. The average Bonchev–Trinajstić information content (AvgIpc) is 2.87. The molecule has 3 rings (SSSR count). The number of nitrogens with one attached hydrogen (secondary N) is 2. The first-order valence-corrected chi connectivity index (χ1v) is 7.99. The lowest BCUT2D eigenvalue weighted by atomic mass is 9.88. The molecule has 0 saturated carbocycles. The molecule has 5 nitrogen and oxygen atoms in total.